The first kappa shape index (κ1) is 11.9. The van der Waals surface area contributed by atoms with Crippen molar-refractivity contribution >= 4 is 5.82 Å². The Hall–Kier alpha value is -1.56. The number of anilines is 1. The average molecular weight is 229 g/mol. The van der Waals surface area contributed by atoms with Gasteiger partial charge in [0.15, 0.2) is 0 Å². The number of hydrogen-bond donors (Lipinski definition) is 1. The molecule has 0 saturated carbocycles. The van der Waals surface area contributed by atoms with Crippen LogP contribution in [0.25, 0.3) is 0 Å². The maximum Gasteiger partial charge on any atom is 0.144 e. The molecular formula is C14H19N3. The average Bonchev–Trinajstić information content (AvgIpc) is 2.75. The Balaban J connectivity index is 2.24. The van der Waals surface area contributed by atoms with Crippen molar-refractivity contribution in [2.45, 2.75) is 52.0 Å². The van der Waals surface area contributed by atoms with E-state index >= 15 is 0 Å². The lowest BCUT2D eigenvalue weighted by Crippen LogP contribution is -2.17. The van der Waals surface area contributed by atoms with Gasteiger partial charge in [0.05, 0.1) is 5.56 Å². The third-order valence-corrected chi connectivity index (χ3v) is 3.28. The van der Waals surface area contributed by atoms with Gasteiger partial charge in [-0.25, -0.2) is 4.98 Å². The van der Waals surface area contributed by atoms with E-state index in [0.717, 1.165) is 31.5 Å². The molecule has 0 aliphatic heterocycles. The Morgan fingerprint density at radius 1 is 1.53 bits per heavy atom. The molecule has 17 heavy (non-hydrogen) atoms. The number of nitrogens with one attached hydrogen (secondary N) is 1. The molecular weight excluding hydrogens is 210 g/mol. The van der Waals surface area contributed by atoms with Crippen molar-refractivity contribution in [2.24, 2.45) is 0 Å². The molecule has 3 nitrogen and oxygen atoms in total. The standard InChI is InChI=1S/C14H19N3/c1-3-5-10(2)16-14-12(9-15)8-11-6-4-7-13(11)17-14/h8,10H,3-7H2,1-2H3,(H,16,17). The van der Waals surface area contributed by atoms with Gasteiger partial charge in [-0.15, -0.1) is 0 Å². The maximum atomic E-state index is 9.16. The molecule has 0 radical (unpaired) electrons. The van der Waals surface area contributed by atoms with Crippen molar-refractivity contribution in [2.75, 3.05) is 5.32 Å². The number of aryl methyl sites for hydroxylation is 2. The highest BCUT2D eigenvalue weighted by molar-refractivity contribution is 5.55. The van der Waals surface area contributed by atoms with Crippen LogP contribution in [0.3, 0.4) is 0 Å². The Kier molecular flexibility index (Phi) is 3.63. The Labute approximate surface area is 103 Å². The first-order valence-corrected chi connectivity index (χ1v) is 6.44. The second kappa shape index (κ2) is 5.18. The van der Waals surface area contributed by atoms with E-state index < -0.39 is 0 Å². The molecule has 1 N–H and O–H groups in total. The van der Waals surface area contributed by atoms with Crippen LogP contribution in [0.5, 0.6) is 0 Å². The predicted molar refractivity (Wildman–Crippen MR) is 69.0 cm³/mol. The fourth-order valence-corrected chi connectivity index (χ4v) is 2.41. The zero-order valence-electron chi connectivity index (χ0n) is 10.6. The highest BCUT2D eigenvalue weighted by Gasteiger charge is 2.17. The summed E-state index contributed by atoms with van der Waals surface area (Å²) in [5, 5.41) is 12.5. The van der Waals surface area contributed by atoms with Crippen LogP contribution in [-0.4, -0.2) is 11.0 Å². The van der Waals surface area contributed by atoms with Gasteiger partial charge in [-0.05, 0) is 44.2 Å². The third-order valence-electron chi connectivity index (χ3n) is 3.28. The van der Waals surface area contributed by atoms with Crippen LogP contribution >= 0.6 is 0 Å². The summed E-state index contributed by atoms with van der Waals surface area (Å²) in [6.45, 7) is 4.30. The van der Waals surface area contributed by atoms with Crippen LogP contribution in [0.1, 0.15) is 49.9 Å². The number of aromatic nitrogens is 1. The lowest BCUT2D eigenvalue weighted by atomic mass is 10.1. The molecule has 1 unspecified atom stereocenters. The number of nitrogens with zero attached hydrogens (tertiary/aromatic N) is 2. The van der Waals surface area contributed by atoms with Gasteiger partial charge in [0.2, 0.25) is 0 Å². The summed E-state index contributed by atoms with van der Waals surface area (Å²) in [5.41, 5.74) is 3.12. The quantitative estimate of drug-likeness (QED) is 0.863. The van der Waals surface area contributed by atoms with Gasteiger partial charge in [0.1, 0.15) is 11.9 Å². The topological polar surface area (TPSA) is 48.7 Å². The van der Waals surface area contributed by atoms with Crippen molar-refractivity contribution in [3.63, 3.8) is 0 Å². The number of rotatable bonds is 4. The lowest BCUT2D eigenvalue weighted by Gasteiger charge is -2.15. The van der Waals surface area contributed by atoms with E-state index in [1.165, 1.54) is 17.7 Å². The molecule has 1 aromatic rings. The minimum atomic E-state index is 0.374. The third kappa shape index (κ3) is 2.58. The van der Waals surface area contributed by atoms with Crippen LogP contribution in [-0.2, 0) is 12.8 Å². The van der Waals surface area contributed by atoms with E-state index in [1.54, 1.807) is 0 Å². The molecule has 90 valence electrons. The minimum absolute atomic E-state index is 0.374. The number of fused-ring (bicyclic) bond motifs is 1. The molecule has 2 rings (SSSR count). The van der Waals surface area contributed by atoms with Gasteiger partial charge >= 0.3 is 0 Å². The monoisotopic (exact) mass is 229 g/mol. The molecule has 1 heterocycles. The lowest BCUT2D eigenvalue weighted by molar-refractivity contribution is 0.686. The van der Waals surface area contributed by atoms with Crippen molar-refractivity contribution in [3.05, 3.63) is 22.9 Å². The first-order chi connectivity index (χ1) is 8.24. The molecule has 3 heteroatoms. The number of nitriles is 1. The second-order valence-electron chi connectivity index (χ2n) is 4.79. The van der Waals surface area contributed by atoms with Crippen LogP contribution < -0.4 is 5.32 Å². The van der Waals surface area contributed by atoms with Crippen LogP contribution in [0.2, 0.25) is 0 Å². The fourth-order valence-electron chi connectivity index (χ4n) is 2.41. The smallest absolute Gasteiger partial charge is 0.144 e. The van der Waals surface area contributed by atoms with Crippen LogP contribution in [0, 0.1) is 11.3 Å². The van der Waals surface area contributed by atoms with Gasteiger partial charge < -0.3 is 5.32 Å². The summed E-state index contributed by atoms with van der Waals surface area (Å²) >= 11 is 0. The van der Waals surface area contributed by atoms with Gasteiger partial charge in [-0.2, -0.15) is 5.26 Å². The zero-order valence-corrected chi connectivity index (χ0v) is 10.6. The molecule has 1 atom stereocenters. The molecule has 0 amide bonds. The number of pyridine rings is 1. The van der Waals surface area contributed by atoms with Crippen molar-refractivity contribution in [1.29, 1.82) is 5.26 Å². The predicted octanol–water partition coefficient (Wildman–Crippen LogP) is 3.04. The largest absolute Gasteiger partial charge is 0.367 e. The molecule has 1 aliphatic carbocycles. The molecule has 1 aromatic heterocycles. The highest BCUT2D eigenvalue weighted by Crippen LogP contribution is 2.25. The molecule has 0 bridgehead atoms. The maximum absolute atomic E-state index is 9.16. The number of hydrogen-bond acceptors (Lipinski definition) is 3. The SMILES string of the molecule is CCCC(C)Nc1nc2c(cc1C#N)CCC2. The Bertz CT molecular complexity index is 446. The van der Waals surface area contributed by atoms with Gasteiger partial charge in [0.25, 0.3) is 0 Å². The second-order valence-corrected chi connectivity index (χ2v) is 4.79. The van der Waals surface area contributed by atoms with Gasteiger partial charge in [-0.3, -0.25) is 0 Å². The van der Waals surface area contributed by atoms with Gasteiger partial charge in [0, 0.05) is 11.7 Å². The normalized spacial score (nSPS) is 15.1. The molecule has 0 saturated heterocycles. The van der Waals surface area contributed by atoms with E-state index in [2.05, 4.69) is 30.2 Å². The minimum Gasteiger partial charge on any atom is -0.367 e. The molecule has 1 aliphatic rings. The van der Waals surface area contributed by atoms with E-state index in [4.69, 9.17) is 5.26 Å². The summed E-state index contributed by atoms with van der Waals surface area (Å²) in [6, 6.07) is 4.63. The summed E-state index contributed by atoms with van der Waals surface area (Å²) in [7, 11) is 0. The fraction of sp³-hybridized carbons (Fsp3) is 0.571. The molecule has 0 spiro atoms. The van der Waals surface area contributed by atoms with Crippen molar-refractivity contribution < 1.29 is 0 Å². The van der Waals surface area contributed by atoms with Crippen LogP contribution in [0.15, 0.2) is 6.07 Å². The van der Waals surface area contributed by atoms with E-state index in [1.807, 2.05) is 6.07 Å². The molecule has 0 aromatic carbocycles. The zero-order chi connectivity index (χ0) is 12.3. The Morgan fingerprint density at radius 3 is 3.06 bits per heavy atom. The van der Waals surface area contributed by atoms with E-state index in [0.29, 0.717) is 11.6 Å². The van der Waals surface area contributed by atoms with Crippen LogP contribution in [0.4, 0.5) is 5.82 Å². The summed E-state index contributed by atoms with van der Waals surface area (Å²) in [5.74, 6) is 0.772. The van der Waals surface area contributed by atoms with E-state index in [9.17, 15) is 0 Å². The Morgan fingerprint density at radius 2 is 2.35 bits per heavy atom. The van der Waals surface area contributed by atoms with Crippen molar-refractivity contribution in [1.82, 2.24) is 4.98 Å². The van der Waals surface area contributed by atoms with E-state index in [-0.39, 0.29) is 0 Å². The summed E-state index contributed by atoms with van der Waals surface area (Å²) < 4.78 is 0. The van der Waals surface area contributed by atoms with Gasteiger partial charge in [-0.1, -0.05) is 13.3 Å². The molecule has 0 fully saturated rings. The first-order valence-electron chi connectivity index (χ1n) is 6.44. The summed E-state index contributed by atoms with van der Waals surface area (Å²) in [6.07, 6.45) is 5.53. The summed E-state index contributed by atoms with van der Waals surface area (Å²) in [4.78, 5) is 4.61. The van der Waals surface area contributed by atoms with Crippen molar-refractivity contribution in [3.8, 4) is 6.07 Å². The highest BCUT2D eigenvalue weighted by atomic mass is 15.0.